The van der Waals surface area contributed by atoms with Crippen molar-refractivity contribution in [2.45, 2.75) is 19.0 Å². The summed E-state index contributed by atoms with van der Waals surface area (Å²) >= 11 is 0. The summed E-state index contributed by atoms with van der Waals surface area (Å²) in [6, 6.07) is 6.10. The van der Waals surface area contributed by atoms with Crippen LogP contribution in [0.25, 0.3) is 11.0 Å². The monoisotopic (exact) mass is 351 g/mol. The predicted octanol–water partition coefficient (Wildman–Crippen LogP) is 3.34. The predicted molar refractivity (Wildman–Crippen MR) is 97.0 cm³/mol. The molecule has 0 spiro atoms. The molecule has 4 rings (SSSR count). The molecule has 2 N–H and O–H groups in total. The van der Waals surface area contributed by atoms with Crippen molar-refractivity contribution in [2.24, 2.45) is 0 Å². The number of halogens is 1. The molecule has 1 aromatic carbocycles. The number of hydrogen-bond acceptors (Lipinski definition) is 4. The molecule has 3 heterocycles. The molecule has 0 aliphatic carbocycles. The second-order valence-electron chi connectivity index (χ2n) is 6.30. The zero-order valence-corrected chi connectivity index (χ0v) is 14.2. The lowest BCUT2D eigenvalue weighted by molar-refractivity contribution is -0.128. The van der Waals surface area contributed by atoms with Gasteiger partial charge in [0.1, 0.15) is 23.6 Å². The number of benzene rings is 1. The van der Waals surface area contributed by atoms with Crippen molar-refractivity contribution in [3.8, 4) is 0 Å². The number of fused-ring (bicyclic) bond motifs is 2. The van der Waals surface area contributed by atoms with E-state index in [9.17, 15) is 9.18 Å². The first-order chi connectivity index (χ1) is 12.6. The van der Waals surface area contributed by atoms with Crippen molar-refractivity contribution in [3.63, 3.8) is 0 Å². The van der Waals surface area contributed by atoms with Crippen molar-refractivity contribution < 1.29 is 9.18 Å². The van der Waals surface area contributed by atoms with Gasteiger partial charge in [-0.25, -0.2) is 14.4 Å². The Bertz CT molecular complexity index is 999. The molecule has 1 aliphatic rings. The number of anilines is 1. The molecule has 7 heteroatoms. The third-order valence-electron chi connectivity index (χ3n) is 4.84. The molecular formula is C19H18FN5O. The maximum absolute atomic E-state index is 13.9. The van der Waals surface area contributed by atoms with E-state index in [0.29, 0.717) is 18.0 Å². The highest BCUT2D eigenvalue weighted by molar-refractivity contribution is 5.88. The molecule has 0 bridgehead atoms. The van der Waals surface area contributed by atoms with Gasteiger partial charge in [0.05, 0.1) is 17.5 Å². The van der Waals surface area contributed by atoms with Gasteiger partial charge < -0.3 is 15.2 Å². The molecule has 0 radical (unpaired) electrons. The first-order valence-corrected chi connectivity index (χ1v) is 8.35. The number of carbonyl (C=O) groups excluding carboxylic acids is 1. The van der Waals surface area contributed by atoms with Crippen LogP contribution >= 0.6 is 0 Å². The number of aromatic amines is 1. The average molecular weight is 351 g/mol. The third-order valence-corrected chi connectivity index (χ3v) is 4.84. The summed E-state index contributed by atoms with van der Waals surface area (Å²) in [5, 5.41) is 4.20. The molecule has 1 aliphatic heterocycles. The van der Waals surface area contributed by atoms with Crippen molar-refractivity contribution in [1.29, 1.82) is 0 Å². The third kappa shape index (κ3) is 2.61. The Morgan fingerprint density at radius 2 is 2.23 bits per heavy atom. The first-order valence-electron chi connectivity index (χ1n) is 8.35. The largest absolute Gasteiger partial charge is 0.361 e. The molecule has 2 aromatic heterocycles. The number of aromatic nitrogens is 3. The van der Waals surface area contributed by atoms with E-state index in [4.69, 9.17) is 0 Å². The number of carbonyl (C=O) groups is 1. The Balaban J connectivity index is 1.78. The molecule has 0 saturated heterocycles. The molecule has 26 heavy (non-hydrogen) atoms. The van der Waals surface area contributed by atoms with Gasteiger partial charge in [-0.2, -0.15) is 0 Å². The lowest BCUT2D eigenvalue weighted by Crippen LogP contribution is -2.42. The lowest BCUT2D eigenvalue weighted by atomic mass is 9.89. The summed E-state index contributed by atoms with van der Waals surface area (Å²) in [6.07, 6.45) is 4.55. The van der Waals surface area contributed by atoms with Crippen LogP contribution in [-0.4, -0.2) is 32.3 Å². The van der Waals surface area contributed by atoms with Crippen LogP contribution in [0, 0.1) is 5.82 Å². The van der Waals surface area contributed by atoms with Crippen LogP contribution in [0.4, 0.5) is 10.2 Å². The topological polar surface area (TPSA) is 73.9 Å². The zero-order valence-electron chi connectivity index (χ0n) is 14.2. The highest BCUT2D eigenvalue weighted by atomic mass is 19.1. The number of hydrogen-bond donors (Lipinski definition) is 2. The van der Waals surface area contributed by atoms with Gasteiger partial charge in [-0.1, -0.05) is 12.6 Å². The van der Waals surface area contributed by atoms with Crippen LogP contribution in [0.1, 0.15) is 30.1 Å². The van der Waals surface area contributed by atoms with E-state index in [2.05, 4.69) is 26.8 Å². The first kappa shape index (κ1) is 16.3. The van der Waals surface area contributed by atoms with Gasteiger partial charge in [-0.15, -0.1) is 0 Å². The lowest BCUT2D eigenvalue weighted by Gasteiger charge is -2.39. The molecule has 0 unspecified atom stereocenters. The van der Waals surface area contributed by atoms with E-state index in [1.807, 2.05) is 13.0 Å². The molecule has 132 valence electrons. The Hall–Kier alpha value is -3.22. The second-order valence-corrected chi connectivity index (χ2v) is 6.30. The number of amides is 1. The summed E-state index contributed by atoms with van der Waals surface area (Å²) in [5.74, 6) is 0.173. The highest BCUT2D eigenvalue weighted by Crippen LogP contribution is 2.37. The number of nitrogens with one attached hydrogen (secondary N) is 2. The Labute approximate surface area is 149 Å². The van der Waals surface area contributed by atoms with E-state index in [1.54, 1.807) is 17.2 Å². The number of H-pyrrole nitrogens is 1. The standard InChI is InChI=1S/C19H18FN5O/c1-3-17(26)25-9-16(15-8-12(20)4-5-13(15)11(25)2)24-19-14-6-7-21-18(14)22-10-23-19/h3-8,10-11,16H,1,9H2,2H3,(H2,21,22,23,24)/t11-,16+/m1/s1. The smallest absolute Gasteiger partial charge is 0.246 e. The molecule has 0 saturated carbocycles. The van der Waals surface area contributed by atoms with Gasteiger partial charge in [0, 0.05) is 12.7 Å². The van der Waals surface area contributed by atoms with Crippen LogP contribution < -0.4 is 5.32 Å². The molecular weight excluding hydrogens is 333 g/mol. The fraction of sp³-hybridized carbons (Fsp3) is 0.211. The van der Waals surface area contributed by atoms with E-state index >= 15 is 0 Å². The maximum Gasteiger partial charge on any atom is 0.246 e. The SMILES string of the molecule is C=CC(=O)N1C[C@H](Nc2ncnc3[nH]ccc23)c2cc(F)ccc2[C@H]1C. The summed E-state index contributed by atoms with van der Waals surface area (Å²) in [5.41, 5.74) is 2.45. The van der Waals surface area contributed by atoms with Gasteiger partial charge in [0.25, 0.3) is 0 Å². The van der Waals surface area contributed by atoms with Crippen molar-refractivity contribution in [1.82, 2.24) is 19.9 Å². The van der Waals surface area contributed by atoms with Crippen LogP contribution in [0.5, 0.6) is 0 Å². The molecule has 1 amide bonds. The Kier molecular flexibility index (Phi) is 3.91. The normalized spacial score (nSPS) is 19.2. The van der Waals surface area contributed by atoms with Gasteiger partial charge >= 0.3 is 0 Å². The van der Waals surface area contributed by atoms with Gasteiger partial charge in [0.15, 0.2) is 0 Å². The highest BCUT2D eigenvalue weighted by Gasteiger charge is 2.33. The Morgan fingerprint density at radius 1 is 1.38 bits per heavy atom. The Morgan fingerprint density at radius 3 is 3.04 bits per heavy atom. The fourth-order valence-corrected chi connectivity index (χ4v) is 3.52. The fourth-order valence-electron chi connectivity index (χ4n) is 3.52. The van der Waals surface area contributed by atoms with E-state index in [1.165, 1.54) is 24.5 Å². The van der Waals surface area contributed by atoms with Crippen LogP contribution in [-0.2, 0) is 4.79 Å². The average Bonchev–Trinajstić information content (AvgIpc) is 3.13. The van der Waals surface area contributed by atoms with Gasteiger partial charge in [-0.05, 0) is 42.3 Å². The van der Waals surface area contributed by atoms with Crippen molar-refractivity contribution >= 4 is 22.8 Å². The van der Waals surface area contributed by atoms with Crippen molar-refractivity contribution in [2.75, 3.05) is 11.9 Å². The van der Waals surface area contributed by atoms with E-state index < -0.39 is 0 Å². The molecule has 2 atom stereocenters. The minimum Gasteiger partial charge on any atom is -0.361 e. The number of nitrogens with zero attached hydrogens (tertiary/aromatic N) is 3. The van der Waals surface area contributed by atoms with Gasteiger partial charge in [-0.3, -0.25) is 4.79 Å². The minimum absolute atomic E-state index is 0.159. The summed E-state index contributed by atoms with van der Waals surface area (Å²) in [7, 11) is 0. The van der Waals surface area contributed by atoms with Crippen LogP contribution in [0.15, 0.2) is 49.4 Å². The minimum atomic E-state index is -0.305. The summed E-state index contributed by atoms with van der Waals surface area (Å²) in [4.78, 5) is 25.6. The zero-order chi connectivity index (χ0) is 18.3. The summed E-state index contributed by atoms with van der Waals surface area (Å²) in [6.45, 7) is 5.91. The second kappa shape index (κ2) is 6.25. The van der Waals surface area contributed by atoms with E-state index in [0.717, 1.165) is 16.5 Å². The van der Waals surface area contributed by atoms with Crippen LogP contribution in [0.3, 0.4) is 0 Å². The van der Waals surface area contributed by atoms with Crippen molar-refractivity contribution in [3.05, 3.63) is 66.4 Å². The molecule has 3 aromatic rings. The quantitative estimate of drug-likeness (QED) is 0.710. The van der Waals surface area contributed by atoms with E-state index in [-0.39, 0.29) is 23.8 Å². The van der Waals surface area contributed by atoms with Crippen LogP contribution in [0.2, 0.25) is 0 Å². The summed E-state index contributed by atoms with van der Waals surface area (Å²) < 4.78 is 13.9. The number of rotatable bonds is 3. The van der Waals surface area contributed by atoms with Gasteiger partial charge in [0.2, 0.25) is 5.91 Å². The maximum atomic E-state index is 13.9. The molecule has 0 fully saturated rings. The molecule has 6 nitrogen and oxygen atoms in total.